The molecule has 0 unspecified atom stereocenters. The van der Waals surface area contributed by atoms with Crippen LogP contribution in [0.4, 0.5) is 5.69 Å². The molecule has 0 radical (unpaired) electrons. The highest BCUT2D eigenvalue weighted by Crippen LogP contribution is 2.29. The molecule has 0 bridgehead atoms. The SMILES string of the molecule is CCOC(=O)c1ccc(N[C@H](c2ccc(Cl)cc2)c2c(C)n(C)n(-c3ccccc3)c2=O)cc1. The molecule has 1 heterocycles. The monoisotopic (exact) mass is 475 g/mol. The smallest absolute Gasteiger partial charge is 0.338 e. The summed E-state index contributed by atoms with van der Waals surface area (Å²) in [6.07, 6.45) is 0. The second-order valence-electron chi connectivity index (χ2n) is 7.90. The molecule has 0 saturated carbocycles. The fourth-order valence-corrected chi connectivity index (χ4v) is 4.11. The molecule has 4 rings (SSSR count). The summed E-state index contributed by atoms with van der Waals surface area (Å²) >= 11 is 6.13. The van der Waals surface area contributed by atoms with Crippen molar-refractivity contribution in [1.29, 1.82) is 0 Å². The minimum atomic E-state index is -0.436. The maximum absolute atomic E-state index is 13.7. The van der Waals surface area contributed by atoms with Gasteiger partial charge in [0.1, 0.15) is 0 Å². The van der Waals surface area contributed by atoms with Gasteiger partial charge in [0, 0.05) is 23.5 Å². The van der Waals surface area contributed by atoms with Crippen LogP contribution >= 0.6 is 11.6 Å². The summed E-state index contributed by atoms with van der Waals surface area (Å²) in [6, 6.07) is 23.6. The number of rotatable bonds is 7. The van der Waals surface area contributed by atoms with Gasteiger partial charge >= 0.3 is 5.97 Å². The number of para-hydroxylation sites is 1. The first-order valence-corrected chi connectivity index (χ1v) is 11.4. The van der Waals surface area contributed by atoms with Gasteiger partial charge in [0.2, 0.25) is 0 Å². The molecule has 0 aliphatic carbocycles. The van der Waals surface area contributed by atoms with Crippen LogP contribution in [-0.2, 0) is 11.8 Å². The molecule has 0 aliphatic heterocycles. The van der Waals surface area contributed by atoms with E-state index in [9.17, 15) is 9.59 Å². The van der Waals surface area contributed by atoms with Gasteiger partial charge in [-0.2, -0.15) is 0 Å². The maximum atomic E-state index is 13.7. The van der Waals surface area contributed by atoms with Crippen LogP contribution in [-0.4, -0.2) is 21.9 Å². The Hall–Kier alpha value is -3.77. The fourth-order valence-electron chi connectivity index (χ4n) is 3.98. The van der Waals surface area contributed by atoms with Crippen molar-refractivity contribution in [2.45, 2.75) is 19.9 Å². The quantitative estimate of drug-likeness (QED) is 0.358. The largest absolute Gasteiger partial charge is 0.462 e. The minimum Gasteiger partial charge on any atom is -0.462 e. The molecule has 1 N–H and O–H groups in total. The highest BCUT2D eigenvalue weighted by atomic mass is 35.5. The van der Waals surface area contributed by atoms with Crippen molar-refractivity contribution in [3.8, 4) is 5.69 Å². The first-order valence-electron chi connectivity index (χ1n) is 11.0. The maximum Gasteiger partial charge on any atom is 0.338 e. The van der Waals surface area contributed by atoms with E-state index in [4.69, 9.17) is 16.3 Å². The summed E-state index contributed by atoms with van der Waals surface area (Å²) in [7, 11) is 1.88. The molecule has 7 heteroatoms. The van der Waals surface area contributed by atoms with Crippen LogP contribution in [0.3, 0.4) is 0 Å². The van der Waals surface area contributed by atoms with Crippen LogP contribution in [0.1, 0.15) is 40.1 Å². The molecule has 0 saturated heterocycles. The third-order valence-corrected chi connectivity index (χ3v) is 6.05. The molecule has 1 atom stereocenters. The van der Waals surface area contributed by atoms with Crippen LogP contribution in [0.25, 0.3) is 5.69 Å². The Kier molecular flexibility index (Phi) is 6.89. The van der Waals surface area contributed by atoms with Crippen LogP contribution in [0.15, 0.2) is 83.7 Å². The number of anilines is 1. The summed E-state index contributed by atoms with van der Waals surface area (Å²) in [5.74, 6) is -0.368. The van der Waals surface area contributed by atoms with Crippen LogP contribution < -0.4 is 10.9 Å². The van der Waals surface area contributed by atoms with Gasteiger partial charge in [-0.15, -0.1) is 0 Å². The second kappa shape index (κ2) is 10.0. The number of nitrogens with one attached hydrogen (secondary N) is 1. The van der Waals surface area contributed by atoms with Crippen molar-refractivity contribution in [3.63, 3.8) is 0 Å². The van der Waals surface area contributed by atoms with Crippen LogP contribution in [0.2, 0.25) is 5.02 Å². The summed E-state index contributed by atoms with van der Waals surface area (Å²) < 4.78 is 8.60. The highest BCUT2D eigenvalue weighted by molar-refractivity contribution is 6.30. The van der Waals surface area contributed by atoms with E-state index in [2.05, 4.69) is 5.32 Å². The van der Waals surface area contributed by atoms with Gasteiger partial charge in [-0.05, 0) is 67.9 Å². The van der Waals surface area contributed by atoms with Crippen molar-refractivity contribution in [2.24, 2.45) is 7.05 Å². The van der Waals surface area contributed by atoms with E-state index in [0.29, 0.717) is 22.8 Å². The average Bonchev–Trinajstić information content (AvgIpc) is 3.07. The van der Waals surface area contributed by atoms with E-state index in [0.717, 1.165) is 22.6 Å². The summed E-state index contributed by atoms with van der Waals surface area (Å²) in [4.78, 5) is 25.7. The molecule has 0 fully saturated rings. The Bertz CT molecular complexity index is 1340. The number of carbonyl (C=O) groups excluding carboxylic acids is 1. The van der Waals surface area contributed by atoms with Crippen molar-refractivity contribution in [2.75, 3.05) is 11.9 Å². The molecule has 0 amide bonds. The average molecular weight is 476 g/mol. The summed E-state index contributed by atoms with van der Waals surface area (Å²) in [6.45, 7) is 4.03. The zero-order valence-corrected chi connectivity index (χ0v) is 20.0. The summed E-state index contributed by atoms with van der Waals surface area (Å²) in [5.41, 5.74) is 4.27. The summed E-state index contributed by atoms with van der Waals surface area (Å²) in [5, 5.41) is 4.10. The number of aromatic nitrogens is 2. The van der Waals surface area contributed by atoms with E-state index < -0.39 is 6.04 Å². The predicted octanol–water partition coefficient (Wildman–Crippen LogP) is 5.52. The Morgan fingerprint density at radius 1 is 1.00 bits per heavy atom. The van der Waals surface area contributed by atoms with Gasteiger partial charge in [0.15, 0.2) is 0 Å². The highest BCUT2D eigenvalue weighted by Gasteiger charge is 2.25. The third-order valence-electron chi connectivity index (χ3n) is 5.80. The topological polar surface area (TPSA) is 65.3 Å². The molecular weight excluding hydrogens is 450 g/mol. The van der Waals surface area contributed by atoms with E-state index in [-0.39, 0.29) is 11.5 Å². The van der Waals surface area contributed by atoms with Crippen molar-refractivity contribution in [1.82, 2.24) is 9.36 Å². The Balaban J connectivity index is 1.79. The number of benzene rings is 3. The van der Waals surface area contributed by atoms with Gasteiger partial charge in [-0.1, -0.05) is 41.9 Å². The number of ether oxygens (including phenoxy) is 1. The molecule has 1 aromatic heterocycles. The molecule has 3 aromatic carbocycles. The fraction of sp³-hybridized carbons (Fsp3) is 0.185. The lowest BCUT2D eigenvalue weighted by Gasteiger charge is -2.20. The normalized spacial score (nSPS) is 11.8. The number of nitrogens with zero attached hydrogens (tertiary/aromatic N) is 2. The van der Waals surface area contributed by atoms with Crippen molar-refractivity contribution in [3.05, 3.63) is 117 Å². The first kappa shape index (κ1) is 23.4. The van der Waals surface area contributed by atoms with Crippen molar-refractivity contribution >= 4 is 23.3 Å². The lowest BCUT2D eigenvalue weighted by Crippen LogP contribution is -2.24. The van der Waals surface area contributed by atoms with Crippen LogP contribution in [0, 0.1) is 6.92 Å². The van der Waals surface area contributed by atoms with Gasteiger partial charge in [0.05, 0.1) is 29.5 Å². The van der Waals surface area contributed by atoms with Gasteiger partial charge in [-0.25, -0.2) is 9.48 Å². The van der Waals surface area contributed by atoms with Gasteiger partial charge < -0.3 is 10.1 Å². The molecule has 0 aliphatic rings. The molecule has 34 heavy (non-hydrogen) atoms. The zero-order valence-electron chi connectivity index (χ0n) is 19.3. The predicted molar refractivity (Wildman–Crippen MR) is 135 cm³/mol. The van der Waals surface area contributed by atoms with E-state index >= 15 is 0 Å². The molecule has 4 aromatic rings. The second-order valence-corrected chi connectivity index (χ2v) is 8.34. The lowest BCUT2D eigenvalue weighted by atomic mass is 9.98. The third kappa shape index (κ3) is 4.63. The number of carbonyl (C=O) groups is 1. The molecular formula is C27H26ClN3O3. The van der Waals surface area contributed by atoms with E-state index in [1.807, 2.05) is 85.4 Å². The Labute approximate surface area is 203 Å². The molecule has 6 nitrogen and oxygen atoms in total. The Morgan fingerprint density at radius 2 is 1.65 bits per heavy atom. The standard InChI is InChI=1S/C27H26ClN3O3/c1-4-34-27(33)20-12-16-22(17-13-20)29-25(19-10-14-21(28)15-11-19)24-18(2)30(3)31(26(24)32)23-8-6-5-7-9-23/h5-17,25,29H,4H2,1-3H3/t25-/m1/s1. The number of hydrogen-bond acceptors (Lipinski definition) is 4. The lowest BCUT2D eigenvalue weighted by molar-refractivity contribution is 0.0526. The number of halogens is 1. The minimum absolute atomic E-state index is 0.109. The van der Waals surface area contributed by atoms with Gasteiger partial charge in [0.25, 0.3) is 5.56 Å². The number of hydrogen-bond donors (Lipinski definition) is 1. The Morgan fingerprint density at radius 3 is 2.26 bits per heavy atom. The number of esters is 1. The first-order chi connectivity index (χ1) is 16.4. The molecule has 174 valence electrons. The van der Waals surface area contributed by atoms with Crippen molar-refractivity contribution < 1.29 is 9.53 Å². The van der Waals surface area contributed by atoms with E-state index in [1.165, 1.54) is 0 Å². The van der Waals surface area contributed by atoms with Gasteiger partial charge in [-0.3, -0.25) is 9.48 Å². The van der Waals surface area contributed by atoms with E-state index in [1.54, 1.807) is 23.7 Å². The van der Waals surface area contributed by atoms with Crippen LogP contribution in [0.5, 0.6) is 0 Å². The molecule has 0 spiro atoms. The zero-order chi connectivity index (χ0) is 24.2.